The van der Waals surface area contributed by atoms with Crippen molar-refractivity contribution in [1.29, 1.82) is 0 Å². The smallest absolute Gasteiger partial charge is 0.237 e. The molecule has 1 amide bonds. The zero-order valence-corrected chi connectivity index (χ0v) is 14.2. The number of nitrogens with zero attached hydrogens (tertiary/aromatic N) is 1. The third-order valence-electron chi connectivity index (χ3n) is 5.20. The third-order valence-corrected chi connectivity index (χ3v) is 5.20. The van der Waals surface area contributed by atoms with Crippen LogP contribution < -0.4 is 10.6 Å². The Bertz CT molecular complexity index is 342. The normalized spacial score (nSPS) is 29.3. The molecule has 21 heavy (non-hydrogen) atoms. The topological polar surface area (TPSA) is 44.4 Å². The minimum Gasteiger partial charge on any atom is -0.352 e. The first-order valence-electron chi connectivity index (χ1n) is 8.69. The predicted molar refractivity (Wildman–Crippen MR) is 87.3 cm³/mol. The molecule has 4 heteroatoms. The average molecular weight is 295 g/mol. The van der Waals surface area contributed by atoms with Gasteiger partial charge < -0.3 is 10.6 Å². The lowest BCUT2D eigenvalue weighted by atomic mass is 9.89. The van der Waals surface area contributed by atoms with E-state index in [1.165, 1.54) is 12.8 Å². The van der Waals surface area contributed by atoms with Crippen LogP contribution in [0.3, 0.4) is 0 Å². The van der Waals surface area contributed by atoms with E-state index in [1.54, 1.807) is 0 Å². The summed E-state index contributed by atoms with van der Waals surface area (Å²) in [7, 11) is 0. The van der Waals surface area contributed by atoms with E-state index >= 15 is 0 Å². The molecule has 0 saturated carbocycles. The molecular formula is C17H33N3O. The van der Waals surface area contributed by atoms with E-state index in [1.807, 2.05) is 0 Å². The van der Waals surface area contributed by atoms with E-state index in [0.717, 1.165) is 38.9 Å². The number of carbonyl (C=O) groups excluding carboxylic acids is 1. The summed E-state index contributed by atoms with van der Waals surface area (Å²) < 4.78 is 0. The highest BCUT2D eigenvalue weighted by Gasteiger charge is 2.30. The Morgan fingerprint density at radius 3 is 2.48 bits per heavy atom. The molecule has 2 rings (SSSR count). The molecular weight excluding hydrogens is 262 g/mol. The van der Waals surface area contributed by atoms with Gasteiger partial charge in [-0.3, -0.25) is 9.69 Å². The summed E-state index contributed by atoms with van der Waals surface area (Å²) in [6.07, 6.45) is 5.56. The summed E-state index contributed by atoms with van der Waals surface area (Å²) in [5.74, 6) is 0.937. The van der Waals surface area contributed by atoms with Crippen molar-refractivity contribution in [2.45, 2.75) is 77.4 Å². The number of amides is 1. The van der Waals surface area contributed by atoms with Crippen LogP contribution in [0.25, 0.3) is 0 Å². The Labute approximate surface area is 130 Å². The molecule has 2 aliphatic heterocycles. The molecule has 2 heterocycles. The molecule has 0 aliphatic carbocycles. The minimum atomic E-state index is 0.0318. The van der Waals surface area contributed by atoms with Gasteiger partial charge >= 0.3 is 0 Å². The fraction of sp³-hybridized carbons (Fsp3) is 0.941. The Hall–Kier alpha value is -0.610. The Morgan fingerprint density at radius 2 is 1.90 bits per heavy atom. The number of likely N-dealkylation sites (tertiary alicyclic amines) is 1. The van der Waals surface area contributed by atoms with E-state index in [9.17, 15) is 4.79 Å². The van der Waals surface area contributed by atoms with Gasteiger partial charge in [-0.2, -0.15) is 0 Å². The van der Waals surface area contributed by atoms with E-state index in [2.05, 4.69) is 43.2 Å². The molecule has 2 unspecified atom stereocenters. The summed E-state index contributed by atoms with van der Waals surface area (Å²) in [6.45, 7) is 12.2. The molecule has 0 spiro atoms. The molecule has 0 radical (unpaired) electrons. The Kier molecular flexibility index (Phi) is 5.67. The van der Waals surface area contributed by atoms with Crippen molar-refractivity contribution in [3.63, 3.8) is 0 Å². The van der Waals surface area contributed by atoms with Gasteiger partial charge in [0.2, 0.25) is 5.91 Å². The maximum absolute atomic E-state index is 12.4. The van der Waals surface area contributed by atoms with E-state index in [-0.39, 0.29) is 17.5 Å². The molecule has 2 saturated heterocycles. The van der Waals surface area contributed by atoms with Crippen LogP contribution in [-0.2, 0) is 4.79 Å². The van der Waals surface area contributed by atoms with Crippen molar-refractivity contribution in [2.75, 3.05) is 19.6 Å². The van der Waals surface area contributed by atoms with Crippen molar-refractivity contribution in [1.82, 2.24) is 15.5 Å². The zero-order chi connectivity index (χ0) is 15.5. The largest absolute Gasteiger partial charge is 0.352 e. The van der Waals surface area contributed by atoms with Crippen LogP contribution in [0.4, 0.5) is 0 Å². The lowest BCUT2D eigenvalue weighted by Crippen LogP contribution is -2.55. The van der Waals surface area contributed by atoms with Gasteiger partial charge in [0.1, 0.15) is 0 Å². The van der Waals surface area contributed by atoms with E-state index in [4.69, 9.17) is 0 Å². The van der Waals surface area contributed by atoms with Gasteiger partial charge in [-0.15, -0.1) is 0 Å². The van der Waals surface area contributed by atoms with E-state index < -0.39 is 0 Å². The summed E-state index contributed by atoms with van der Waals surface area (Å²) in [6, 6.07) is 0.393. The second kappa shape index (κ2) is 7.10. The quantitative estimate of drug-likeness (QED) is 0.838. The number of carbonyl (C=O) groups is 1. The SMILES string of the molecule is CCC1CCNC(C(=O)NC2CCN(C(C)(C)C)CC2)C1. The molecule has 2 atom stereocenters. The number of hydrogen-bond donors (Lipinski definition) is 2. The summed E-state index contributed by atoms with van der Waals surface area (Å²) in [4.78, 5) is 14.9. The maximum atomic E-state index is 12.4. The van der Waals surface area contributed by atoms with Crippen molar-refractivity contribution in [2.24, 2.45) is 5.92 Å². The highest BCUT2D eigenvalue weighted by molar-refractivity contribution is 5.82. The monoisotopic (exact) mass is 295 g/mol. The highest BCUT2D eigenvalue weighted by atomic mass is 16.2. The molecule has 4 nitrogen and oxygen atoms in total. The van der Waals surface area contributed by atoms with Gasteiger partial charge in [-0.05, 0) is 58.9 Å². The highest BCUT2D eigenvalue weighted by Crippen LogP contribution is 2.22. The number of nitrogens with one attached hydrogen (secondary N) is 2. The van der Waals surface area contributed by atoms with Crippen LogP contribution in [0.2, 0.25) is 0 Å². The Balaban J connectivity index is 1.76. The molecule has 2 aliphatic rings. The third kappa shape index (κ3) is 4.68. The first-order valence-corrected chi connectivity index (χ1v) is 8.69. The second-order valence-electron chi connectivity index (χ2n) is 7.75. The summed E-state index contributed by atoms with van der Waals surface area (Å²) >= 11 is 0. The molecule has 0 aromatic rings. The minimum absolute atomic E-state index is 0.0318. The predicted octanol–water partition coefficient (Wildman–Crippen LogP) is 2.14. The standard InChI is InChI=1S/C17H33N3O/c1-5-13-6-9-18-15(12-13)16(21)19-14-7-10-20(11-8-14)17(2,3)4/h13-15,18H,5-12H2,1-4H3,(H,19,21). The number of rotatable bonds is 3. The number of hydrogen-bond acceptors (Lipinski definition) is 3. The maximum Gasteiger partial charge on any atom is 0.237 e. The molecule has 122 valence electrons. The molecule has 0 bridgehead atoms. The Morgan fingerprint density at radius 1 is 1.24 bits per heavy atom. The van der Waals surface area contributed by atoms with Gasteiger partial charge in [0.05, 0.1) is 6.04 Å². The molecule has 0 aromatic carbocycles. The van der Waals surface area contributed by atoms with Gasteiger partial charge in [-0.25, -0.2) is 0 Å². The zero-order valence-electron chi connectivity index (χ0n) is 14.2. The van der Waals surface area contributed by atoms with Crippen molar-refractivity contribution < 1.29 is 4.79 Å². The summed E-state index contributed by atoms with van der Waals surface area (Å²) in [5.41, 5.74) is 0.244. The fourth-order valence-corrected chi connectivity index (χ4v) is 3.56. The van der Waals surface area contributed by atoms with Crippen LogP contribution in [0.1, 0.15) is 59.8 Å². The van der Waals surface area contributed by atoms with Gasteiger partial charge in [-0.1, -0.05) is 13.3 Å². The van der Waals surface area contributed by atoms with Crippen molar-refractivity contribution in [3.8, 4) is 0 Å². The van der Waals surface area contributed by atoms with Crippen LogP contribution in [0.5, 0.6) is 0 Å². The van der Waals surface area contributed by atoms with Gasteiger partial charge in [0, 0.05) is 24.7 Å². The van der Waals surface area contributed by atoms with Crippen molar-refractivity contribution in [3.05, 3.63) is 0 Å². The lowest BCUT2D eigenvalue weighted by molar-refractivity contribution is -0.125. The van der Waals surface area contributed by atoms with E-state index in [0.29, 0.717) is 12.0 Å². The van der Waals surface area contributed by atoms with Crippen LogP contribution in [0, 0.1) is 5.92 Å². The van der Waals surface area contributed by atoms with Crippen LogP contribution in [-0.4, -0.2) is 48.1 Å². The molecule has 2 fully saturated rings. The lowest BCUT2D eigenvalue weighted by Gasteiger charge is -2.41. The number of piperidine rings is 2. The molecule has 2 N–H and O–H groups in total. The molecule has 0 aromatic heterocycles. The summed E-state index contributed by atoms with van der Waals surface area (Å²) in [5, 5.41) is 6.66. The van der Waals surface area contributed by atoms with Gasteiger partial charge in [0.15, 0.2) is 0 Å². The average Bonchev–Trinajstić information content (AvgIpc) is 2.47. The van der Waals surface area contributed by atoms with Crippen LogP contribution >= 0.6 is 0 Å². The van der Waals surface area contributed by atoms with Crippen molar-refractivity contribution >= 4 is 5.91 Å². The van der Waals surface area contributed by atoms with Gasteiger partial charge in [0.25, 0.3) is 0 Å². The second-order valence-corrected chi connectivity index (χ2v) is 7.75. The van der Waals surface area contributed by atoms with Crippen LogP contribution in [0.15, 0.2) is 0 Å². The fourth-order valence-electron chi connectivity index (χ4n) is 3.56. The first-order chi connectivity index (χ1) is 9.90. The first kappa shape index (κ1) is 16.8.